The first-order valence-corrected chi connectivity index (χ1v) is 13.2. The van der Waals surface area contributed by atoms with Crippen molar-refractivity contribution < 1.29 is 9.47 Å². The van der Waals surface area contributed by atoms with Crippen molar-refractivity contribution in [2.75, 3.05) is 68.6 Å². The third kappa shape index (κ3) is 5.35. The van der Waals surface area contributed by atoms with E-state index in [9.17, 15) is 0 Å². The maximum absolute atomic E-state index is 6.63. The molecule has 5 rings (SSSR count). The zero-order valence-corrected chi connectivity index (χ0v) is 22.8. The van der Waals surface area contributed by atoms with Crippen LogP contribution in [0.25, 0.3) is 0 Å². The number of aromatic nitrogens is 3. The molecule has 9 nitrogen and oxygen atoms in total. The van der Waals surface area contributed by atoms with E-state index in [0.717, 1.165) is 61.9 Å². The summed E-state index contributed by atoms with van der Waals surface area (Å²) in [6.07, 6.45) is 4.41. The minimum Gasteiger partial charge on any atom is -0.495 e. The van der Waals surface area contributed by atoms with Gasteiger partial charge in [-0.3, -0.25) is 0 Å². The summed E-state index contributed by atoms with van der Waals surface area (Å²) >= 11 is 13.3. The van der Waals surface area contributed by atoms with Crippen molar-refractivity contribution in [3.8, 4) is 11.5 Å². The highest BCUT2D eigenvalue weighted by Crippen LogP contribution is 2.47. The van der Waals surface area contributed by atoms with E-state index in [1.54, 1.807) is 20.3 Å². The molecule has 1 fully saturated rings. The monoisotopic (exact) mass is 543 g/mol. The van der Waals surface area contributed by atoms with E-state index in [0.29, 0.717) is 46.3 Å². The Hall–Kier alpha value is -3.01. The van der Waals surface area contributed by atoms with Crippen LogP contribution in [0.4, 0.5) is 23.1 Å². The molecule has 0 saturated carbocycles. The number of methoxy groups -OCH3 is 2. The summed E-state index contributed by atoms with van der Waals surface area (Å²) < 4.78 is 10.9. The van der Waals surface area contributed by atoms with Crippen molar-refractivity contribution in [1.29, 1.82) is 0 Å². The van der Waals surface area contributed by atoms with Gasteiger partial charge >= 0.3 is 0 Å². The minimum atomic E-state index is 0.458. The molecule has 0 amide bonds. The molecule has 2 aromatic heterocycles. The zero-order chi connectivity index (χ0) is 25.9. The van der Waals surface area contributed by atoms with E-state index < -0.39 is 0 Å². The first-order valence-electron chi connectivity index (χ1n) is 12.4. The summed E-state index contributed by atoms with van der Waals surface area (Å²) in [6.45, 7) is 8.71. The van der Waals surface area contributed by atoms with E-state index in [1.165, 1.54) is 0 Å². The number of pyridine rings is 1. The van der Waals surface area contributed by atoms with Crippen LogP contribution in [-0.2, 0) is 13.0 Å². The molecule has 2 aliphatic rings. The number of nitrogens with one attached hydrogen (secondary N) is 1. The lowest BCUT2D eigenvalue weighted by Gasteiger charge is -2.34. The summed E-state index contributed by atoms with van der Waals surface area (Å²) in [6, 6.07) is 5.77. The second-order valence-corrected chi connectivity index (χ2v) is 9.80. The van der Waals surface area contributed by atoms with Crippen LogP contribution in [0.2, 0.25) is 10.0 Å². The van der Waals surface area contributed by atoms with Gasteiger partial charge in [-0.1, -0.05) is 30.1 Å². The van der Waals surface area contributed by atoms with Crippen molar-refractivity contribution in [3.63, 3.8) is 0 Å². The number of ether oxygens (including phenoxy) is 2. The molecule has 0 radical (unpaired) electrons. The van der Waals surface area contributed by atoms with Crippen LogP contribution in [-0.4, -0.2) is 73.3 Å². The van der Waals surface area contributed by atoms with Crippen molar-refractivity contribution in [3.05, 3.63) is 51.9 Å². The fourth-order valence-electron chi connectivity index (χ4n) is 4.79. The third-order valence-corrected chi connectivity index (χ3v) is 7.68. The first-order chi connectivity index (χ1) is 18.0. The Morgan fingerprint density at radius 2 is 1.65 bits per heavy atom. The van der Waals surface area contributed by atoms with Gasteiger partial charge in [-0.05, 0) is 18.7 Å². The number of fused-ring (bicyclic) bond motifs is 1. The molecule has 0 spiro atoms. The molecular formula is C26H31Cl2N7O2. The number of anilines is 4. The summed E-state index contributed by atoms with van der Waals surface area (Å²) in [4.78, 5) is 20.9. The Morgan fingerprint density at radius 1 is 0.919 bits per heavy atom. The van der Waals surface area contributed by atoms with E-state index >= 15 is 0 Å². The van der Waals surface area contributed by atoms with Gasteiger partial charge in [-0.25, -0.2) is 15.0 Å². The lowest BCUT2D eigenvalue weighted by Crippen LogP contribution is -2.46. The molecule has 1 aromatic carbocycles. The highest BCUT2D eigenvalue weighted by atomic mass is 35.5. The number of halogens is 2. The number of nitrogens with zero attached hydrogens (tertiary/aromatic N) is 6. The van der Waals surface area contributed by atoms with Gasteiger partial charge in [0.1, 0.15) is 27.4 Å². The predicted octanol–water partition coefficient (Wildman–Crippen LogP) is 4.64. The first kappa shape index (κ1) is 25.6. The number of benzene rings is 1. The molecule has 11 heteroatoms. The lowest BCUT2D eigenvalue weighted by atomic mass is 10.1. The molecule has 1 N–H and O–H groups in total. The summed E-state index contributed by atoms with van der Waals surface area (Å²) in [7, 11) is 3.14. The Bertz CT molecular complexity index is 1220. The molecule has 0 aliphatic carbocycles. The average Bonchev–Trinajstić information content (AvgIpc) is 2.94. The Balaban J connectivity index is 1.27. The van der Waals surface area contributed by atoms with Crippen LogP contribution in [0.15, 0.2) is 30.6 Å². The molecule has 0 unspecified atom stereocenters. The van der Waals surface area contributed by atoms with Gasteiger partial charge in [0.25, 0.3) is 0 Å². The van der Waals surface area contributed by atoms with Crippen molar-refractivity contribution in [2.24, 2.45) is 0 Å². The Kier molecular flexibility index (Phi) is 7.73. The van der Waals surface area contributed by atoms with Crippen LogP contribution in [0.5, 0.6) is 11.5 Å². The van der Waals surface area contributed by atoms with Crippen molar-refractivity contribution >= 4 is 46.3 Å². The van der Waals surface area contributed by atoms with Gasteiger partial charge in [-0.15, -0.1) is 0 Å². The normalized spacial score (nSPS) is 15.9. The maximum atomic E-state index is 6.63. The molecule has 37 heavy (non-hydrogen) atoms. The largest absolute Gasteiger partial charge is 0.495 e. The van der Waals surface area contributed by atoms with Gasteiger partial charge in [-0.2, -0.15) is 0 Å². The van der Waals surface area contributed by atoms with Gasteiger partial charge < -0.3 is 29.5 Å². The average molecular weight is 544 g/mol. The molecular weight excluding hydrogens is 513 g/mol. The molecule has 0 atom stereocenters. The second kappa shape index (κ2) is 11.2. The fourth-order valence-corrected chi connectivity index (χ4v) is 5.53. The van der Waals surface area contributed by atoms with Crippen molar-refractivity contribution in [1.82, 2.24) is 19.9 Å². The molecule has 1 saturated heterocycles. The van der Waals surface area contributed by atoms with Gasteiger partial charge in [0.15, 0.2) is 0 Å². The second-order valence-electron chi connectivity index (χ2n) is 9.05. The lowest BCUT2D eigenvalue weighted by molar-refractivity contribution is 0.270. The molecule has 196 valence electrons. The van der Waals surface area contributed by atoms with Gasteiger partial charge in [0.2, 0.25) is 5.95 Å². The van der Waals surface area contributed by atoms with E-state index in [1.807, 2.05) is 18.5 Å². The van der Waals surface area contributed by atoms with E-state index in [2.05, 4.69) is 43.0 Å². The topological polar surface area (TPSA) is 78.9 Å². The zero-order valence-electron chi connectivity index (χ0n) is 21.3. The number of hydrogen-bond donors (Lipinski definition) is 1. The molecule has 4 heterocycles. The summed E-state index contributed by atoms with van der Waals surface area (Å²) in [5, 5.41) is 4.21. The fraction of sp³-hybridized carbons (Fsp3) is 0.423. The third-order valence-electron chi connectivity index (χ3n) is 6.95. The molecule has 0 bridgehead atoms. The van der Waals surface area contributed by atoms with Crippen LogP contribution >= 0.6 is 23.2 Å². The highest BCUT2D eigenvalue weighted by molar-refractivity contribution is 6.41. The van der Waals surface area contributed by atoms with Crippen LogP contribution in [0.3, 0.4) is 0 Å². The predicted molar refractivity (Wildman–Crippen MR) is 148 cm³/mol. The van der Waals surface area contributed by atoms with E-state index in [4.69, 9.17) is 37.7 Å². The summed E-state index contributed by atoms with van der Waals surface area (Å²) in [5.41, 5.74) is 3.56. The van der Waals surface area contributed by atoms with Crippen LogP contribution in [0, 0.1) is 0 Å². The minimum absolute atomic E-state index is 0.458. The SMILES string of the molecule is CCN1CCN(c2ccc(Nc3ncc4c(n3)CCN(c3c(Cl)c(OC)cc(OC)c3Cl)C4)cn2)CC1. The highest BCUT2D eigenvalue weighted by Gasteiger charge is 2.26. The number of hydrogen-bond acceptors (Lipinski definition) is 9. The molecule has 2 aliphatic heterocycles. The maximum Gasteiger partial charge on any atom is 0.227 e. The number of rotatable bonds is 7. The van der Waals surface area contributed by atoms with Gasteiger partial charge in [0, 0.05) is 63.5 Å². The van der Waals surface area contributed by atoms with Crippen LogP contribution in [0.1, 0.15) is 18.2 Å². The number of piperazine rings is 1. The molecule has 3 aromatic rings. The van der Waals surface area contributed by atoms with Gasteiger partial charge in [0.05, 0.1) is 37.5 Å². The standard InChI is InChI=1S/C26H31Cl2N7O2/c1-4-33-9-11-34(12-10-33)22-6-5-18(15-29-22)31-26-30-14-17-16-35(8-7-19(17)32-26)25-23(27)20(36-2)13-21(37-3)24(25)28/h5-6,13-15H,4,7-12,16H2,1-3H3,(H,30,31,32). The van der Waals surface area contributed by atoms with Crippen LogP contribution < -0.4 is 24.6 Å². The smallest absolute Gasteiger partial charge is 0.227 e. The quantitative estimate of drug-likeness (QED) is 0.458. The summed E-state index contributed by atoms with van der Waals surface area (Å²) in [5.74, 6) is 2.58. The van der Waals surface area contributed by atoms with Crippen molar-refractivity contribution in [2.45, 2.75) is 19.9 Å². The van der Waals surface area contributed by atoms with E-state index in [-0.39, 0.29) is 0 Å². The number of likely N-dealkylation sites (N-methyl/N-ethyl adjacent to an activating group) is 1. The Morgan fingerprint density at radius 3 is 2.27 bits per heavy atom. The Labute approximate surface area is 227 Å².